The monoisotopic (exact) mass is 572 g/mol. The number of hydrogen-bond donors (Lipinski definition) is 2. The highest BCUT2D eigenvalue weighted by Gasteiger charge is 2.23. The second-order valence-electron chi connectivity index (χ2n) is 9.92. The molecule has 0 atom stereocenters. The number of aryl methyl sites for hydroxylation is 3. The van der Waals surface area contributed by atoms with Crippen LogP contribution in [0.4, 0.5) is 0 Å². The number of piperazine rings is 1. The Hall–Kier alpha value is -2.91. The number of nitrogens with zero attached hydrogens (tertiary/aromatic N) is 4. The van der Waals surface area contributed by atoms with Crippen molar-refractivity contribution in [1.82, 2.24) is 18.9 Å². The van der Waals surface area contributed by atoms with E-state index in [9.17, 15) is 4.79 Å². The van der Waals surface area contributed by atoms with E-state index in [4.69, 9.17) is 9.72 Å². The molecule has 1 fully saturated rings. The number of methoxy groups -OCH3 is 1. The Labute approximate surface area is 242 Å². The van der Waals surface area contributed by atoms with E-state index in [1.54, 1.807) is 16.9 Å². The first-order valence-corrected chi connectivity index (χ1v) is 13.4. The first kappa shape index (κ1) is 30.6. The van der Waals surface area contributed by atoms with Crippen molar-refractivity contribution in [2.45, 2.75) is 33.2 Å². The lowest BCUT2D eigenvalue weighted by molar-refractivity contribution is -1.01. The molecular weight excluding hydrogens is 535 g/mol. The fraction of sp³-hybridized carbons (Fsp3) is 0.414. The molecule has 0 amide bonds. The van der Waals surface area contributed by atoms with Gasteiger partial charge in [0.2, 0.25) is 5.88 Å². The molecule has 1 aliphatic heterocycles. The fourth-order valence-corrected chi connectivity index (χ4v) is 5.50. The topological polar surface area (TPSA) is 70.3 Å². The first-order chi connectivity index (χ1) is 18.1. The van der Waals surface area contributed by atoms with Crippen molar-refractivity contribution >= 4 is 22.8 Å². The first-order valence-electron chi connectivity index (χ1n) is 13.4. The third-order valence-electron chi connectivity index (χ3n) is 7.52. The van der Waals surface area contributed by atoms with Crippen LogP contribution in [0.15, 0.2) is 53.3 Å². The molecule has 4 aromatic rings. The maximum atomic E-state index is 13.6. The lowest BCUT2D eigenvalue weighted by Crippen LogP contribution is -3.28. The van der Waals surface area contributed by atoms with Gasteiger partial charge in [-0.2, -0.15) is 4.98 Å². The SMILES string of the molecule is CCc1nc(C)c2c(=O)n(CCC[NH+]3CC[NH+](C/C=C/c4ccccc4)CC3)c3ccc(OC)nc3n12.[Cl-].[Cl-]. The minimum absolute atomic E-state index is 0. The molecule has 3 aromatic heterocycles. The number of imidazole rings is 1. The number of hydrogen-bond acceptors (Lipinski definition) is 4. The quantitative estimate of drug-likeness (QED) is 0.210. The molecule has 1 aromatic carbocycles. The van der Waals surface area contributed by atoms with Crippen LogP contribution in [0.2, 0.25) is 0 Å². The molecule has 0 radical (unpaired) electrons. The molecule has 2 N–H and O–H groups in total. The summed E-state index contributed by atoms with van der Waals surface area (Å²) in [5, 5.41) is 0. The number of nitrogens with one attached hydrogen (secondary N) is 2. The zero-order chi connectivity index (χ0) is 25.8. The van der Waals surface area contributed by atoms with Gasteiger partial charge >= 0.3 is 0 Å². The molecule has 1 aliphatic rings. The molecule has 0 spiro atoms. The molecule has 8 nitrogen and oxygen atoms in total. The Morgan fingerprint density at radius 2 is 1.72 bits per heavy atom. The van der Waals surface area contributed by atoms with Gasteiger partial charge in [0, 0.05) is 25.5 Å². The average Bonchev–Trinajstić information content (AvgIpc) is 3.28. The van der Waals surface area contributed by atoms with Crippen molar-refractivity contribution in [3.05, 3.63) is 76.0 Å². The van der Waals surface area contributed by atoms with Crippen molar-refractivity contribution in [2.24, 2.45) is 0 Å². The van der Waals surface area contributed by atoms with Gasteiger partial charge in [0.05, 0.1) is 31.4 Å². The Morgan fingerprint density at radius 3 is 2.41 bits per heavy atom. The average molecular weight is 574 g/mol. The minimum atomic E-state index is 0. The molecule has 210 valence electrons. The van der Waals surface area contributed by atoms with E-state index in [2.05, 4.69) is 54.4 Å². The maximum Gasteiger partial charge on any atom is 0.277 e. The maximum absolute atomic E-state index is 13.6. The van der Waals surface area contributed by atoms with Crippen LogP contribution in [0.3, 0.4) is 0 Å². The summed E-state index contributed by atoms with van der Waals surface area (Å²) in [7, 11) is 1.62. The lowest BCUT2D eigenvalue weighted by Gasteiger charge is -2.29. The summed E-state index contributed by atoms with van der Waals surface area (Å²) >= 11 is 0. The predicted octanol–water partition coefficient (Wildman–Crippen LogP) is -5.18. The summed E-state index contributed by atoms with van der Waals surface area (Å²) in [4.78, 5) is 26.3. The van der Waals surface area contributed by atoms with Crippen molar-refractivity contribution in [1.29, 1.82) is 0 Å². The Bertz CT molecular complexity index is 1460. The van der Waals surface area contributed by atoms with Crippen molar-refractivity contribution in [3.63, 3.8) is 0 Å². The third kappa shape index (κ3) is 6.64. The standard InChI is InChI=1S/C29H36N6O2.2ClH/c1-4-25-30-22(2)27-29(36)34(24-13-14-26(37-3)31-28(24)35(25)27)17-9-16-33-20-18-32(19-21-33)15-8-12-23-10-6-5-7-11-23;;/h5-8,10-14H,4,9,15-21H2,1-3H3;2*1H/b12-8+;;. The summed E-state index contributed by atoms with van der Waals surface area (Å²) in [6.45, 7) is 11.5. The van der Waals surface area contributed by atoms with E-state index >= 15 is 0 Å². The number of pyridine rings is 1. The Kier molecular flexibility index (Phi) is 10.9. The van der Waals surface area contributed by atoms with Crippen molar-refractivity contribution < 1.29 is 39.4 Å². The summed E-state index contributed by atoms with van der Waals surface area (Å²) in [6, 6.07) is 14.3. The molecule has 0 aliphatic carbocycles. The van der Waals surface area contributed by atoms with E-state index in [0.29, 0.717) is 17.9 Å². The van der Waals surface area contributed by atoms with Gasteiger partial charge in [-0.25, -0.2) is 4.98 Å². The molecule has 39 heavy (non-hydrogen) atoms. The molecule has 1 saturated heterocycles. The van der Waals surface area contributed by atoms with Crippen LogP contribution in [0, 0.1) is 6.92 Å². The van der Waals surface area contributed by atoms with Crippen molar-refractivity contribution in [2.75, 3.05) is 46.4 Å². The second-order valence-corrected chi connectivity index (χ2v) is 9.92. The van der Waals surface area contributed by atoms with Gasteiger partial charge in [-0.15, -0.1) is 0 Å². The number of ether oxygens (including phenoxy) is 1. The second kappa shape index (κ2) is 13.9. The smallest absolute Gasteiger partial charge is 0.277 e. The number of quaternary nitrogens is 2. The van der Waals surface area contributed by atoms with Gasteiger partial charge in [0.25, 0.3) is 5.56 Å². The van der Waals surface area contributed by atoms with Crippen LogP contribution in [0.1, 0.15) is 30.4 Å². The van der Waals surface area contributed by atoms with Crippen LogP contribution >= 0.6 is 0 Å². The summed E-state index contributed by atoms with van der Waals surface area (Å²) in [5.74, 6) is 1.39. The van der Waals surface area contributed by atoms with E-state index in [0.717, 1.165) is 48.6 Å². The van der Waals surface area contributed by atoms with E-state index in [1.165, 1.54) is 31.7 Å². The molecule has 4 heterocycles. The van der Waals surface area contributed by atoms with Gasteiger partial charge in [-0.1, -0.05) is 43.3 Å². The molecule has 0 unspecified atom stereocenters. The zero-order valence-electron chi connectivity index (χ0n) is 22.9. The molecule has 10 heteroatoms. The number of fused-ring (bicyclic) bond motifs is 3. The summed E-state index contributed by atoms with van der Waals surface area (Å²) in [6.07, 6.45) is 6.20. The van der Waals surface area contributed by atoms with Crippen LogP contribution in [-0.4, -0.2) is 65.3 Å². The normalized spacial score (nSPS) is 17.3. The van der Waals surface area contributed by atoms with Gasteiger partial charge in [0.1, 0.15) is 37.5 Å². The van der Waals surface area contributed by atoms with E-state index in [1.807, 2.05) is 28.0 Å². The molecule has 0 saturated carbocycles. The largest absolute Gasteiger partial charge is 1.00 e. The van der Waals surface area contributed by atoms with Gasteiger partial charge in [-0.05, 0) is 24.6 Å². The minimum Gasteiger partial charge on any atom is -1.00 e. The highest BCUT2D eigenvalue weighted by molar-refractivity contribution is 5.77. The van der Waals surface area contributed by atoms with E-state index in [-0.39, 0.29) is 30.4 Å². The Balaban J connectivity index is 0.00000210. The fourth-order valence-electron chi connectivity index (χ4n) is 5.50. The highest BCUT2D eigenvalue weighted by Crippen LogP contribution is 2.20. The number of benzene rings is 1. The third-order valence-corrected chi connectivity index (χ3v) is 7.52. The zero-order valence-corrected chi connectivity index (χ0v) is 24.4. The summed E-state index contributed by atoms with van der Waals surface area (Å²) < 4.78 is 9.21. The van der Waals surface area contributed by atoms with Crippen LogP contribution in [-0.2, 0) is 13.0 Å². The summed E-state index contributed by atoms with van der Waals surface area (Å²) in [5.41, 5.74) is 4.22. The van der Waals surface area contributed by atoms with Crippen LogP contribution < -0.4 is 44.9 Å². The van der Waals surface area contributed by atoms with Crippen LogP contribution in [0.25, 0.3) is 22.8 Å². The number of aromatic nitrogens is 4. The Morgan fingerprint density at radius 1 is 1.00 bits per heavy atom. The predicted molar refractivity (Wildman–Crippen MR) is 147 cm³/mol. The van der Waals surface area contributed by atoms with Crippen LogP contribution in [0.5, 0.6) is 5.88 Å². The molecular formula is C29H38Cl2N6O2. The van der Waals surface area contributed by atoms with Gasteiger partial charge in [0.15, 0.2) is 5.65 Å². The van der Waals surface area contributed by atoms with Gasteiger partial charge < -0.3 is 43.9 Å². The van der Waals surface area contributed by atoms with Crippen molar-refractivity contribution in [3.8, 4) is 5.88 Å². The number of halogens is 2. The molecule has 0 bridgehead atoms. The lowest BCUT2D eigenvalue weighted by atomic mass is 10.2. The highest BCUT2D eigenvalue weighted by atomic mass is 35.5. The number of rotatable bonds is 9. The molecule has 5 rings (SSSR count). The van der Waals surface area contributed by atoms with Gasteiger partial charge in [-0.3, -0.25) is 9.20 Å². The van der Waals surface area contributed by atoms with E-state index < -0.39 is 0 Å².